The number of rotatable bonds is 3. The number of aliphatic hydroxyl groups is 1. The fourth-order valence-electron chi connectivity index (χ4n) is 3.00. The van der Waals surface area contributed by atoms with E-state index in [1.54, 1.807) is 37.3 Å². The molecule has 26 heavy (non-hydrogen) atoms. The lowest BCUT2D eigenvalue weighted by molar-refractivity contribution is -0.132. The SMILES string of the molecule is Cc1cc(N2C(=O)C(=O)/C(=C(\O)c3ccccc3)[C@@H]2c2cccs2)no1. The lowest BCUT2D eigenvalue weighted by atomic mass is 10.00. The molecule has 1 amide bonds. The van der Waals surface area contributed by atoms with E-state index in [2.05, 4.69) is 5.16 Å². The number of hydrogen-bond donors (Lipinski definition) is 1. The Balaban J connectivity index is 1.93. The molecule has 4 rings (SSSR count). The molecule has 0 aliphatic carbocycles. The minimum absolute atomic E-state index is 0.0457. The molecule has 1 aliphatic heterocycles. The number of carbonyl (C=O) groups excluding carboxylic acids is 2. The van der Waals surface area contributed by atoms with Crippen LogP contribution in [0.1, 0.15) is 22.2 Å². The Kier molecular flexibility index (Phi) is 3.93. The fourth-order valence-corrected chi connectivity index (χ4v) is 3.83. The topological polar surface area (TPSA) is 83.6 Å². The zero-order valence-corrected chi connectivity index (χ0v) is 14.6. The van der Waals surface area contributed by atoms with Crippen molar-refractivity contribution < 1.29 is 19.2 Å². The minimum Gasteiger partial charge on any atom is -0.507 e. The molecule has 0 radical (unpaired) electrons. The van der Waals surface area contributed by atoms with E-state index in [0.29, 0.717) is 11.3 Å². The van der Waals surface area contributed by atoms with Crippen molar-refractivity contribution in [3.05, 3.63) is 75.7 Å². The molecule has 1 saturated heterocycles. The predicted molar refractivity (Wildman–Crippen MR) is 96.8 cm³/mol. The number of anilines is 1. The van der Waals surface area contributed by atoms with Gasteiger partial charge in [0.2, 0.25) is 0 Å². The second-order valence-corrected chi connectivity index (χ2v) is 6.83. The van der Waals surface area contributed by atoms with E-state index in [0.717, 1.165) is 4.88 Å². The Morgan fingerprint density at radius 2 is 1.96 bits per heavy atom. The van der Waals surface area contributed by atoms with E-state index in [4.69, 9.17) is 4.52 Å². The molecular formula is C19H14N2O4S. The summed E-state index contributed by atoms with van der Waals surface area (Å²) < 4.78 is 5.08. The molecule has 1 N–H and O–H groups in total. The Bertz CT molecular complexity index is 1010. The summed E-state index contributed by atoms with van der Waals surface area (Å²) in [5, 5.41) is 16.5. The summed E-state index contributed by atoms with van der Waals surface area (Å²) in [5.74, 6) is -0.922. The lowest BCUT2D eigenvalue weighted by Gasteiger charge is -2.21. The van der Waals surface area contributed by atoms with E-state index in [9.17, 15) is 14.7 Å². The van der Waals surface area contributed by atoms with Crippen LogP contribution in [0.2, 0.25) is 0 Å². The maximum absolute atomic E-state index is 12.8. The molecule has 1 aromatic carbocycles. The molecule has 0 saturated carbocycles. The standard InChI is InChI=1S/C19H14N2O4S/c1-11-10-14(20-25-11)21-16(13-8-5-9-26-13)15(18(23)19(21)24)17(22)12-6-3-2-4-7-12/h2-10,16,22H,1H3/b17-15-/t16-/m0/s1. The van der Waals surface area contributed by atoms with Gasteiger partial charge in [0.25, 0.3) is 5.78 Å². The Morgan fingerprint density at radius 3 is 2.58 bits per heavy atom. The van der Waals surface area contributed by atoms with Crippen LogP contribution in [0.25, 0.3) is 5.76 Å². The number of carbonyl (C=O) groups is 2. The van der Waals surface area contributed by atoms with E-state index in [-0.39, 0.29) is 17.2 Å². The molecule has 0 unspecified atom stereocenters. The summed E-state index contributed by atoms with van der Waals surface area (Å²) >= 11 is 1.40. The minimum atomic E-state index is -0.750. The largest absolute Gasteiger partial charge is 0.507 e. The maximum atomic E-state index is 12.8. The van der Waals surface area contributed by atoms with Gasteiger partial charge in [-0.1, -0.05) is 41.6 Å². The van der Waals surface area contributed by atoms with Crippen LogP contribution < -0.4 is 4.90 Å². The third-order valence-electron chi connectivity index (χ3n) is 4.17. The van der Waals surface area contributed by atoms with Crippen LogP contribution in [-0.2, 0) is 9.59 Å². The van der Waals surface area contributed by atoms with Gasteiger partial charge in [0.15, 0.2) is 5.82 Å². The normalized spacial score (nSPS) is 19.3. The Morgan fingerprint density at radius 1 is 1.19 bits per heavy atom. The van der Waals surface area contributed by atoms with Crippen molar-refractivity contribution in [2.45, 2.75) is 13.0 Å². The van der Waals surface area contributed by atoms with Gasteiger partial charge in [0.1, 0.15) is 17.6 Å². The maximum Gasteiger partial charge on any atom is 0.301 e. The Hall–Kier alpha value is -3.19. The van der Waals surface area contributed by atoms with Gasteiger partial charge in [0, 0.05) is 16.5 Å². The number of hydrogen-bond acceptors (Lipinski definition) is 6. The first-order chi connectivity index (χ1) is 12.6. The summed E-state index contributed by atoms with van der Waals surface area (Å²) in [6.45, 7) is 1.71. The number of amides is 1. The van der Waals surface area contributed by atoms with E-state index in [1.165, 1.54) is 16.2 Å². The van der Waals surface area contributed by atoms with Gasteiger partial charge in [-0.25, -0.2) is 0 Å². The van der Waals surface area contributed by atoms with Crippen LogP contribution in [0.5, 0.6) is 0 Å². The summed E-state index contributed by atoms with van der Waals surface area (Å²) in [4.78, 5) is 27.5. The first kappa shape index (κ1) is 16.3. The van der Waals surface area contributed by atoms with Crippen molar-refractivity contribution >= 4 is 34.6 Å². The first-order valence-electron chi connectivity index (χ1n) is 7.91. The number of ketones is 1. The smallest absolute Gasteiger partial charge is 0.301 e. The molecule has 1 aliphatic rings. The van der Waals surface area contributed by atoms with Crippen LogP contribution >= 0.6 is 11.3 Å². The highest BCUT2D eigenvalue weighted by Crippen LogP contribution is 2.43. The van der Waals surface area contributed by atoms with Crippen LogP contribution in [0, 0.1) is 6.92 Å². The van der Waals surface area contributed by atoms with Crippen molar-refractivity contribution in [2.75, 3.05) is 4.90 Å². The predicted octanol–water partition coefficient (Wildman–Crippen LogP) is 3.67. The highest BCUT2D eigenvalue weighted by atomic mass is 32.1. The molecule has 130 valence electrons. The van der Waals surface area contributed by atoms with E-state index < -0.39 is 17.7 Å². The molecule has 6 nitrogen and oxygen atoms in total. The summed E-state index contributed by atoms with van der Waals surface area (Å²) in [6.07, 6.45) is 0. The molecule has 0 bridgehead atoms. The highest BCUT2D eigenvalue weighted by molar-refractivity contribution is 7.10. The molecule has 3 aromatic rings. The van der Waals surface area contributed by atoms with Gasteiger partial charge >= 0.3 is 5.91 Å². The van der Waals surface area contributed by atoms with Crippen molar-refractivity contribution in [3.8, 4) is 0 Å². The molecule has 3 heterocycles. The monoisotopic (exact) mass is 366 g/mol. The average Bonchev–Trinajstić information content (AvgIpc) is 3.37. The average molecular weight is 366 g/mol. The van der Waals surface area contributed by atoms with Gasteiger partial charge in [-0.15, -0.1) is 11.3 Å². The van der Waals surface area contributed by atoms with Gasteiger partial charge in [-0.05, 0) is 18.4 Å². The number of aromatic nitrogens is 1. The summed E-state index contributed by atoms with van der Waals surface area (Å²) in [5.41, 5.74) is 0.521. The van der Waals surface area contributed by atoms with Gasteiger partial charge < -0.3 is 9.63 Å². The number of benzene rings is 1. The van der Waals surface area contributed by atoms with Gasteiger partial charge in [-0.2, -0.15) is 0 Å². The molecular weight excluding hydrogens is 352 g/mol. The van der Waals surface area contributed by atoms with Crippen LogP contribution in [-0.4, -0.2) is 22.0 Å². The van der Waals surface area contributed by atoms with Crippen LogP contribution in [0.3, 0.4) is 0 Å². The number of aliphatic hydroxyl groups excluding tert-OH is 1. The third-order valence-corrected chi connectivity index (χ3v) is 5.09. The highest BCUT2D eigenvalue weighted by Gasteiger charge is 2.48. The first-order valence-corrected chi connectivity index (χ1v) is 8.79. The van der Waals surface area contributed by atoms with Crippen LogP contribution in [0.15, 0.2) is 64.0 Å². The van der Waals surface area contributed by atoms with Crippen LogP contribution in [0.4, 0.5) is 5.82 Å². The van der Waals surface area contributed by atoms with E-state index in [1.807, 2.05) is 23.6 Å². The second-order valence-electron chi connectivity index (χ2n) is 5.85. The van der Waals surface area contributed by atoms with Crippen molar-refractivity contribution in [3.63, 3.8) is 0 Å². The summed E-state index contributed by atoms with van der Waals surface area (Å²) in [7, 11) is 0. The fraction of sp³-hybridized carbons (Fsp3) is 0.105. The number of Topliss-reactive ketones (excluding diaryl/α,β-unsaturated/α-hetero) is 1. The molecule has 0 spiro atoms. The van der Waals surface area contributed by atoms with Crippen molar-refractivity contribution in [2.24, 2.45) is 0 Å². The number of nitrogens with zero attached hydrogens (tertiary/aromatic N) is 2. The van der Waals surface area contributed by atoms with E-state index >= 15 is 0 Å². The second kappa shape index (κ2) is 6.27. The number of aryl methyl sites for hydroxylation is 1. The van der Waals surface area contributed by atoms with Crippen molar-refractivity contribution in [1.29, 1.82) is 0 Å². The van der Waals surface area contributed by atoms with Gasteiger partial charge in [0.05, 0.1) is 5.57 Å². The zero-order valence-electron chi connectivity index (χ0n) is 13.7. The Labute approximate surface area is 153 Å². The third kappa shape index (κ3) is 2.53. The molecule has 7 heteroatoms. The lowest BCUT2D eigenvalue weighted by Crippen LogP contribution is -2.29. The van der Waals surface area contributed by atoms with Crippen molar-refractivity contribution in [1.82, 2.24) is 5.16 Å². The molecule has 2 aromatic heterocycles. The quantitative estimate of drug-likeness (QED) is 0.434. The molecule has 1 atom stereocenters. The summed E-state index contributed by atoms with van der Waals surface area (Å²) in [6, 6.07) is 13.2. The number of thiophene rings is 1. The zero-order chi connectivity index (χ0) is 18.3. The molecule has 1 fully saturated rings. The van der Waals surface area contributed by atoms with Gasteiger partial charge in [-0.3, -0.25) is 14.5 Å².